The van der Waals surface area contributed by atoms with Crippen LogP contribution in [0.25, 0.3) is 0 Å². The van der Waals surface area contributed by atoms with Crippen molar-refractivity contribution >= 4 is 0 Å². The quantitative estimate of drug-likeness (QED) is 0.643. The lowest BCUT2D eigenvalue weighted by Crippen LogP contribution is -2.38. The van der Waals surface area contributed by atoms with Gasteiger partial charge >= 0.3 is 0 Å². The van der Waals surface area contributed by atoms with Crippen LogP contribution in [0.2, 0.25) is 0 Å². The molecule has 12 heavy (non-hydrogen) atoms. The van der Waals surface area contributed by atoms with Gasteiger partial charge in [-0.2, -0.15) is 0 Å². The van der Waals surface area contributed by atoms with E-state index >= 15 is 0 Å². The molecule has 1 rings (SSSR count). The Hall–Kier alpha value is -0.300. The van der Waals surface area contributed by atoms with E-state index in [0.717, 1.165) is 6.42 Å². The van der Waals surface area contributed by atoms with Gasteiger partial charge in [-0.1, -0.05) is 32.4 Å². The van der Waals surface area contributed by atoms with Crippen molar-refractivity contribution in [2.45, 2.75) is 52.5 Å². The Kier molecular flexibility index (Phi) is 2.94. The van der Waals surface area contributed by atoms with E-state index < -0.39 is 0 Å². The van der Waals surface area contributed by atoms with E-state index in [1.165, 1.54) is 24.8 Å². The Balaban J connectivity index is 2.62. The van der Waals surface area contributed by atoms with Gasteiger partial charge in [-0.3, -0.25) is 0 Å². The predicted octanol–water partition coefficient (Wildman–Crippen LogP) is 2.86. The summed E-state index contributed by atoms with van der Waals surface area (Å²) in [6.45, 7) is 6.74. The molecule has 0 bridgehead atoms. The van der Waals surface area contributed by atoms with Gasteiger partial charge in [0.15, 0.2) is 0 Å². The molecule has 0 aromatic heterocycles. The Labute approximate surface area is 76.0 Å². The third-order valence-electron chi connectivity index (χ3n) is 3.23. The molecule has 1 nitrogen and oxygen atoms in total. The van der Waals surface area contributed by atoms with Crippen LogP contribution < -0.4 is 5.73 Å². The highest BCUT2D eigenvalue weighted by Crippen LogP contribution is 2.32. The van der Waals surface area contributed by atoms with Crippen LogP contribution in [0.5, 0.6) is 0 Å². The summed E-state index contributed by atoms with van der Waals surface area (Å²) >= 11 is 0. The average Bonchev–Trinajstić information content (AvgIpc) is 2.55. The summed E-state index contributed by atoms with van der Waals surface area (Å²) in [7, 11) is 0. The number of nitrogens with two attached hydrogens (primary N) is 1. The van der Waals surface area contributed by atoms with Crippen LogP contribution in [0, 0.1) is 5.41 Å². The third-order valence-corrected chi connectivity index (χ3v) is 3.23. The Morgan fingerprint density at radius 3 is 2.67 bits per heavy atom. The zero-order valence-corrected chi connectivity index (χ0v) is 8.56. The maximum Gasteiger partial charge on any atom is 0.0305 e. The number of rotatable bonds is 3. The van der Waals surface area contributed by atoms with Gasteiger partial charge in [0.1, 0.15) is 0 Å². The SMILES string of the molecule is CCC(C)(C)C(N)C1=CCCC1. The molecule has 0 aromatic rings. The normalized spacial score (nSPS) is 20.8. The van der Waals surface area contributed by atoms with Gasteiger partial charge in [0.2, 0.25) is 0 Å². The lowest BCUT2D eigenvalue weighted by Gasteiger charge is -2.31. The van der Waals surface area contributed by atoms with Gasteiger partial charge in [0.25, 0.3) is 0 Å². The van der Waals surface area contributed by atoms with Crippen LogP contribution in [0.4, 0.5) is 0 Å². The molecule has 1 heteroatoms. The summed E-state index contributed by atoms with van der Waals surface area (Å²) < 4.78 is 0. The molecule has 1 unspecified atom stereocenters. The minimum atomic E-state index is 0.274. The summed E-state index contributed by atoms with van der Waals surface area (Å²) in [5.74, 6) is 0. The molecule has 0 aromatic carbocycles. The molecule has 1 aliphatic carbocycles. The zero-order chi connectivity index (χ0) is 9.19. The Morgan fingerprint density at radius 2 is 2.25 bits per heavy atom. The van der Waals surface area contributed by atoms with Crippen molar-refractivity contribution in [1.29, 1.82) is 0 Å². The largest absolute Gasteiger partial charge is 0.324 e. The maximum absolute atomic E-state index is 6.20. The van der Waals surface area contributed by atoms with Crippen LogP contribution in [0.3, 0.4) is 0 Å². The summed E-state index contributed by atoms with van der Waals surface area (Å²) in [5, 5.41) is 0. The van der Waals surface area contributed by atoms with Gasteiger partial charge in [-0.15, -0.1) is 0 Å². The van der Waals surface area contributed by atoms with E-state index in [1.807, 2.05) is 0 Å². The van der Waals surface area contributed by atoms with E-state index in [4.69, 9.17) is 5.73 Å². The van der Waals surface area contributed by atoms with Gasteiger partial charge in [-0.25, -0.2) is 0 Å². The fourth-order valence-electron chi connectivity index (χ4n) is 1.70. The first-order valence-corrected chi connectivity index (χ1v) is 5.02. The van der Waals surface area contributed by atoms with E-state index in [-0.39, 0.29) is 11.5 Å². The van der Waals surface area contributed by atoms with Crippen LogP contribution in [0.1, 0.15) is 46.5 Å². The molecule has 0 heterocycles. The van der Waals surface area contributed by atoms with Crippen molar-refractivity contribution in [3.05, 3.63) is 11.6 Å². The van der Waals surface area contributed by atoms with Gasteiger partial charge < -0.3 is 5.73 Å². The predicted molar refractivity (Wildman–Crippen MR) is 54.0 cm³/mol. The highest BCUT2D eigenvalue weighted by atomic mass is 14.7. The summed E-state index contributed by atoms with van der Waals surface area (Å²) in [6, 6.07) is 0.282. The van der Waals surface area contributed by atoms with E-state index in [1.54, 1.807) is 0 Å². The topological polar surface area (TPSA) is 26.0 Å². The van der Waals surface area contributed by atoms with Crippen molar-refractivity contribution in [3.8, 4) is 0 Å². The zero-order valence-electron chi connectivity index (χ0n) is 8.56. The number of hydrogen-bond acceptors (Lipinski definition) is 1. The van der Waals surface area contributed by atoms with Crippen molar-refractivity contribution in [3.63, 3.8) is 0 Å². The molecule has 2 N–H and O–H groups in total. The first kappa shape index (κ1) is 9.79. The first-order chi connectivity index (χ1) is 5.58. The molecule has 70 valence electrons. The smallest absolute Gasteiger partial charge is 0.0305 e. The molecule has 1 aliphatic rings. The van der Waals surface area contributed by atoms with Crippen LogP contribution in [0.15, 0.2) is 11.6 Å². The Morgan fingerprint density at radius 1 is 1.58 bits per heavy atom. The molecule has 0 saturated carbocycles. The van der Waals surface area contributed by atoms with Gasteiger partial charge in [0.05, 0.1) is 0 Å². The summed E-state index contributed by atoms with van der Waals surface area (Å²) in [6.07, 6.45) is 7.27. The third kappa shape index (κ3) is 1.89. The minimum absolute atomic E-state index is 0.274. The second-order valence-electron chi connectivity index (χ2n) is 4.49. The molecule has 0 spiro atoms. The second-order valence-corrected chi connectivity index (χ2v) is 4.49. The minimum Gasteiger partial charge on any atom is -0.324 e. The average molecular weight is 167 g/mol. The van der Waals surface area contributed by atoms with E-state index in [9.17, 15) is 0 Å². The van der Waals surface area contributed by atoms with Crippen molar-refractivity contribution < 1.29 is 0 Å². The standard InChI is InChI=1S/C11H21N/c1-4-11(2,3)10(12)9-7-5-6-8-9/h7,10H,4-6,8,12H2,1-3H3. The van der Waals surface area contributed by atoms with Crippen LogP contribution >= 0.6 is 0 Å². The van der Waals surface area contributed by atoms with Crippen molar-refractivity contribution in [2.75, 3.05) is 0 Å². The molecule has 1 atom stereocenters. The fourth-order valence-corrected chi connectivity index (χ4v) is 1.70. The monoisotopic (exact) mass is 167 g/mol. The van der Waals surface area contributed by atoms with E-state index in [0.29, 0.717) is 0 Å². The molecule has 0 saturated heterocycles. The number of hydrogen-bond donors (Lipinski definition) is 1. The molecule has 0 amide bonds. The lowest BCUT2D eigenvalue weighted by atomic mass is 9.78. The molecule has 0 fully saturated rings. The molecular formula is C11H21N. The fraction of sp³-hybridized carbons (Fsp3) is 0.818. The van der Waals surface area contributed by atoms with Crippen molar-refractivity contribution in [2.24, 2.45) is 11.1 Å². The molecular weight excluding hydrogens is 146 g/mol. The van der Waals surface area contributed by atoms with Crippen molar-refractivity contribution in [1.82, 2.24) is 0 Å². The summed E-state index contributed by atoms with van der Waals surface area (Å²) in [4.78, 5) is 0. The highest BCUT2D eigenvalue weighted by molar-refractivity contribution is 5.17. The summed E-state index contributed by atoms with van der Waals surface area (Å²) in [5.41, 5.74) is 7.96. The molecule has 0 radical (unpaired) electrons. The van der Waals surface area contributed by atoms with E-state index in [2.05, 4.69) is 26.8 Å². The lowest BCUT2D eigenvalue weighted by molar-refractivity contribution is 0.299. The maximum atomic E-state index is 6.20. The second kappa shape index (κ2) is 3.61. The van der Waals surface area contributed by atoms with Gasteiger partial charge in [-0.05, 0) is 31.1 Å². The van der Waals surface area contributed by atoms with Crippen LogP contribution in [-0.2, 0) is 0 Å². The Bertz CT molecular complexity index is 179. The molecule has 0 aliphatic heterocycles. The highest BCUT2D eigenvalue weighted by Gasteiger charge is 2.27. The number of allylic oxidation sites excluding steroid dienone is 1. The van der Waals surface area contributed by atoms with Crippen LogP contribution in [-0.4, -0.2) is 6.04 Å². The van der Waals surface area contributed by atoms with Gasteiger partial charge in [0, 0.05) is 6.04 Å². The first-order valence-electron chi connectivity index (χ1n) is 5.02.